The highest BCUT2D eigenvalue weighted by atomic mass is 32.2. The second kappa shape index (κ2) is 5.11. The standard InChI is InChI=1S/C13H10N4OS/c18-11-8-4-5-9-12(11)19-13-14-15-16-17(13)10-6-2-1-3-7-10/h1-9,18H. The summed E-state index contributed by atoms with van der Waals surface area (Å²) >= 11 is 1.32. The predicted octanol–water partition coefficient (Wildman–Crippen LogP) is 2.52. The van der Waals surface area contributed by atoms with Crippen LogP contribution in [0.15, 0.2) is 64.6 Å². The molecule has 0 saturated heterocycles. The molecular formula is C13H10N4OS. The smallest absolute Gasteiger partial charge is 0.219 e. The van der Waals surface area contributed by atoms with Crippen LogP contribution in [0.2, 0.25) is 0 Å². The van der Waals surface area contributed by atoms with Gasteiger partial charge in [-0.2, -0.15) is 4.68 Å². The van der Waals surface area contributed by atoms with Crippen LogP contribution in [-0.2, 0) is 0 Å². The van der Waals surface area contributed by atoms with Crippen molar-refractivity contribution >= 4 is 11.8 Å². The number of tetrazole rings is 1. The molecule has 2 aromatic carbocycles. The van der Waals surface area contributed by atoms with E-state index in [0.29, 0.717) is 5.16 Å². The van der Waals surface area contributed by atoms with Crippen molar-refractivity contribution in [3.8, 4) is 11.4 Å². The quantitative estimate of drug-likeness (QED) is 0.792. The Bertz CT molecular complexity index is 684. The molecule has 1 N–H and O–H groups in total. The van der Waals surface area contributed by atoms with Gasteiger partial charge in [0.05, 0.1) is 10.6 Å². The fraction of sp³-hybridized carbons (Fsp3) is 0. The molecule has 1 aromatic heterocycles. The van der Waals surface area contributed by atoms with Gasteiger partial charge in [0.1, 0.15) is 5.75 Å². The number of nitrogens with zero attached hydrogens (tertiary/aromatic N) is 4. The van der Waals surface area contributed by atoms with Crippen LogP contribution in [0.5, 0.6) is 5.75 Å². The van der Waals surface area contributed by atoms with Crippen molar-refractivity contribution in [2.24, 2.45) is 0 Å². The molecule has 0 bridgehead atoms. The van der Waals surface area contributed by atoms with Crippen LogP contribution in [0.3, 0.4) is 0 Å². The molecule has 3 rings (SSSR count). The zero-order valence-electron chi connectivity index (χ0n) is 9.84. The molecule has 0 atom stereocenters. The summed E-state index contributed by atoms with van der Waals surface area (Å²) in [7, 11) is 0. The molecule has 0 aliphatic rings. The third-order valence-electron chi connectivity index (χ3n) is 2.51. The van der Waals surface area contributed by atoms with Crippen molar-refractivity contribution in [2.75, 3.05) is 0 Å². The van der Waals surface area contributed by atoms with Crippen LogP contribution in [-0.4, -0.2) is 25.3 Å². The Labute approximate surface area is 113 Å². The summed E-state index contributed by atoms with van der Waals surface area (Å²) in [5.74, 6) is 0.218. The van der Waals surface area contributed by atoms with Gasteiger partial charge >= 0.3 is 0 Å². The molecule has 0 spiro atoms. The first kappa shape index (κ1) is 11.7. The molecule has 94 valence electrons. The molecule has 1 heterocycles. The highest BCUT2D eigenvalue weighted by Crippen LogP contribution is 2.33. The Morgan fingerprint density at radius 3 is 2.47 bits per heavy atom. The van der Waals surface area contributed by atoms with Crippen LogP contribution < -0.4 is 0 Å². The molecule has 0 unspecified atom stereocenters. The van der Waals surface area contributed by atoms with Crippen LogP contribution in [0.4, 0.5) is 0 Å². The van der Waals surface area contributed by atoms with E-state index in [1.54, 1.807) is 16.8 Å². The summed E-state index contributed by atoms with van der Waals surface area (Å²) < 4.78 is 1.64. The van der Waals surface area contributed by atoms with E-state index < -0.39 is 0 Å². The first-order chi connectivity index (χ1) is 9.34. The molecule has 3 aromatic rings. The van der Waals surface area contributed by atoms with Crippen molar-refractivity contribution in [1.29, 1.82) is 0 Å². The van der Waals surface area contributed by atoms with Crippen molar-refractivity contribution in [2.45, 2.75) is 10.1 Å². The molecule has 0 fully saturated rings. The van der Waals surface area contributed by atoms with E-state index in [9.17, 15) is 5.11 Å². The number of phenolic OH excluding ortho intramolecular Hbond substituents is 1. The lowest BCUT2D eigenvalue weighted by Gasteiger charge is -2.04. The zero-order chi connectivity index (χ0) is 13.1. The third kappa shape index (κ3) is 2.43. The summed E-state index contributed by atoms with van der Waals surface area (Å²) in [6, 6.07) is 16.7. The van der Waals surface area contributed by atoms with Crippen LogP contribution in [0, 0.1) is 0 Å². The first-order valence-electron chi connectivity index (χ1n) is 5.64. The maximum absolute atomic E-state index is 9.77. The topological polar surface area (TPSA) is 63.8 Å². The van der Waals surface area contributed by atoms with E-state index in [2.05, 4.69) is 15.5 Å². The highest BCUT2D eigenvalue weighted by molar-refractivity contribution is 7.99. The lowest BCUT2D eigenvalue weighted by atomic mass is 10.3. The van der Waals surface area contributed by atoms with Gasteiger partial charge in [0, 0.05) is 0 Å². The Hall–Kier alpha value is -2.34. The van der Waals surface area contributed by atoms with Crippen LogP contribution in [0.25, 0.3) is 5.69 Å². The van der Waals surface area contributed by atoms with Gasteiger partial charge in [0.25, 0.3) is 0 Å². The minimum atomic E-state index is 0.218. The summed E-state index contributed by atoms with van der Waals surface area (Å²) in [4.78, 5) is 0.717. The van der Waals surface area contributed by atoms with E-state index in [1.165, 1.54) is 11.8 Å². The number of benzene rings is 2. The van der Waals surface area contributed by atoms with Gasteiger partial charge in [0.15, 0.2) is 0 Å². The van der Waals surface area contributed by atoms with Gasteiger partial charge in [-0.25, -0.2) is 0 Å². The largest absolute Gasteiger partial charge is 0.507 e. The lowest BCUT2D eigenvalue weighted by Crippen LogP contribution is -1.98. The van der Waals surface area contributed by atoms with E-state index in [1.807, 2.05) is 42.5 Å². The lowest BCUT2D eigenvalue weighted by molar-refractivity contribution is 0.462. The Kier molecular flexibility index (Phi) is 3.16. The number of rotatable bonds is 3. The van der Waals surface area contributed by atoms with Gasteiger partial charge in [0.2, 0.25) is 5.16 Å². The molecule has 19 heavy (non-hydrogen) atoms. The Morgan fingerprint density at radius 2 is 1.68 bits per heavy atom. The minimum Gasteiger partial charge on any atom is -0.507 e. The van der Waals surface area contributed by atoms with Crippen molar-refractivity contribution in [3.05, 3.63) is 54.6 Å². The number of phenols is 1. The number of hydrogen-bond donors (Lipinski definition) is 1. The maximum Gasteiger partial charge on any atom is 0.219 e. The van der Waals surface area contributed by atoms with Gasteiger partial charge in [-0.3, -0.25) is 0 Å². The average molecular weight is 270 g/mol. The maximum atomic E-state index is 9.77. The third-order valence-corrected chi connectivity index (χ3v) is 3.51. The summed E-state index contributed by atoms with van der Waals surface area (Å²) in [6.07, 6.45) is 0. The van der Waals surface area contributed by atoms with Gasteiger partial charge in [-0.05, 0) is 46.5 Å². The number of aromatic hydroxyl groups is 1. The zero-order valence-corrected chi connectivity index (χ0v) is 10.7. The fourth-order valence-electron chi connectivity index (χ4n) is 1.62. The first-order valence-corrected chi connectivity index (χ1v) is 6.46. The van der Waals surface area contributed by atoms with Crippen LogP contribution >= 0.6 is 11.8 Å². The van der Waals surface area contributed by atoms with E-state index in [-0.39, 0.29) is 5.75 Å². The SMILES string of the molecule is Oc1ccccc1Sc1nnnn1-c1ccccc1. The van der Waals surface area contributed by atoms with E-state index >= 15 is 0 Å². The second-order valence-corrected chi connectivity index (χ2v) is 4.79. The monoisotopic (exact) mass is 270 g/mol. The van der Waals surface area contributed by atoms with Crippen molar-refractivity contribution < 1.29 is 5.11 Å². The van der Waals surface area contributed by atoms with Gasteiger partial charge in [-0.1, -0.05) is 30.3 Å². The Balaban J connectivity index is 1.96. The number of hydrogen-bond acceptors (Lipinski definition) is 5. The fourth-order valence-corrected chi connectivity index (χ4v) is 2.44. The molecule has 0 aliphatic carbocycles. The second-order valence-electron chi connectivity index (χ2n) is 3.78. The summed E-state index contributed by atoms with van der Waals surface area (Å²) in [5, 5.41) is 22.0. The number of aromatic nitrogens is 4. The van der Waals surface area contributed by atoms with Crippen molar-refractivity contribution in [1.82, 2.24) is 20.2 Å². The number of para-hydroxylation sites is 2. The molecule has 5 nitrogen and oxygen atoms in total. The molecule has 6 heteroatoms. The van der Waals surface area contributed by atoms with E-state index in [4.69, 9.17) is 0 Å². The van der Waals surface area contributed by atoms with Gasteiger partial charge in [-0.15, -0.1) is 5.10 Å². The van der Waals surface area contributed by atoms with E-state index in [0.717, 1.165) is 10.6 Å². The van der Waals surface area contributed by atoms with Crippen molar-refractivity contribution in [3.63, 3.8) is 0 Å². The highest BCUT2D eigenvalue weighted by Gasteiger charge is 2.11. The van der Waals surface area contributed by atoms with Crippen LogP contribution in [0.1, 0.15) is 0 Å². The molecule has 0 aliphatic heterocycles. The summed E-state index contributed by atoms with van der Waals surface area (Å²) in [5.41, 5.74) is 0.880. The molecule has 0 saturated carbocycles. The normalized spacial score (nSPS) is 10.5. The average Bonchev–Trinajstić information content (AvgIpc) is 2.91. The molecular weight excluding hydrogens is 260 g/mol. The summed E-state index contributed by atoms with van der Waals surface area (Å²) in [6.45, 7) is 0. The molecule has 0 amide bonds. The Morgan fingerprint density at radius 1 is 0.947 bits per heavy atom. The predicted molar refractivity (Wildman–Crippen MR) is 71.4 cm³/mol. The minimum absolute atomic E-state index is 0.218. The van der Waals surface area contributed by atoms with Gasteiger partial charge < -0.3 is 5.11 Å². The molecule has 0 radical (unpaired) electrons.